The number of carbonyl (C=O) groups excluding carboxylic acids is 1. The number of nitrogens with two attached hydrogens (primary N) is 1. The van der Waals surface area contributed by atoms with Gasteiger partial charge in [-0.2, -0.15) is 12.8 Å². The molecule has 0 unspecified atom stereocenters. The van der Waals surface area contributed by atoms with E-state index in [1.807, 2.05) is 17.0 Å². The van der Waals surface area contributed by atoms with E-state index in [4.69, 9.17) is 11.1 Å². The van der Waals surface area contributed by atoms with Gasteiger partial charge in [-0.05, 0) is 49.9 Å². The minimum atomic E-state index is -4.50. The molecule has 0 atom stereocenters. The van der Waals surface area contributed by atoms with Crippen molar-refractivity contribution in [1.29, 1.82) is 5.41 Å². The number of anilines is 2. The van der Waals surface area contributed by atoms with Crippen molar-refractivity contribution < 1.29 is 17.8 Å². The number of nitrogen functional groups attached to an aromatic ring is 1. The molecule has 1 aliphatic heterocycles. The number of nitrogens with zero attached hydrogens (tertiary/aromatic N) is 3. The predicted molar refractivity (Wildman–Crippen MR) is 145 cm³/mol. The highest BCUT2D eigenvalue weighted by Crippen LogP contribution is 2.28. The number of nitrogens with one attached hydrogen (secondary N) is 2. The molecule has 2 aliphatic rings. The maximum atomic E-state index is 13.7. The van der Waals surface area contributed by atoms with Crippen molar-refractivity contribution in [3.8, 4) is 0 Å². The lowest BCUT2D eigenvalue weighted by Gasteiger charge is -2.39. The van der Waals surface area contributed by atoms with Gasteiger partial charge in [-0.1, -0.05) is 56.0 Å². The van der Waals surface area contributed by atoms with E-state index in [9.17, 15) is 17.8 Å². The maximum Gasteiger partial charge on any atom is 0.373 e. The van der Waals surface area contributed by atoms with Crippen LogP contribution < -0.4 is 20.4 Å². The number of para-hydroxylation sites is 1. The molecule has 0 aromatic heterocycles. The monoisotopic (exact) mass is 528 g/mol. The van der Waals surface area contributed by atoms with Crippen LogP contribution in [-0.4, -0.2) is 55.0 Å². The van der Waals surface area contributed by atoms with Crippen LogP contribution in [0.25, 0.3) is 0 Å². The van der Waals surface area contributed by atoms with E-state index >= 15 is 0 Å². The smallest absolute Gasteiger partial charge is 0.373 e. The van der Waals surface area contributed by atoms with Gasteiger partial charge in [0.05, 0.1) is 5.69 Å². The largest absolute Gasteiger partial charge is 0.384 e. The highest BCUT2D eigenvalue weighted by Gasteiger charge is 2.33. The Bertz CT molecular complexity index is 1180. The predicted octanol–water partition coefficient (Wildman–Crippen LogP) is 3.90. The summed E-state index contributed by atoms with van der Waals surface area (Å²) < 4.78 is 35.1. The molecule has 4 rings (SSSR count). The summed E-state index contributed by atoms with van der Waals surface area (Å²) >= 11 is 0. The molecule has 0 radical (unpaired) electrons. The van der Waals surface area contributed by atoms with Crippen LogP contribution in [0.15, 0.2) is 54.6 Å². The van der Waals surface area contributed by atoms with Crippen LogP contribution in [0.2, 0.25) is 0 Å². The molecular formula is C26H36N6O4S. The van der Waals surface area contributed by atoms with Gasteiger partial charge in [0.2, 0.25) is 0 Å². The summed E-state index contributed by atoms with van der Waals surface area (Å²) in [4.78, 5) is 15.5. The number of urea groups is 1. The van der Waals surface area contributed by atoms with Gasteiger partial charge in [0, 0.05) is 36.4 Å². The van der Waals surface area contributed by atoms with Gasteiger partial charge in [0.15, 0.2) is 0 Å². The third-order valence-corrected chi connectivity index (χ3v) is 7.97. The summed E-state index contributed by atoms with van der Waals surface area (Å²) in [6.07, 6.45) is 7.31. The number of rotatable bonds is 7. The van der Waals surface area contributed by atoms with Crippen LogP contribution in [0.4, 0.5) is 16.2 Å². The molecule has 1 heterocycles. The number of hydrazine groups is 1. The first-order chi connectivity index (χ1) is 17.7. The minimum Gasteiger partial charge on any atom is -0.384 e. The molecule has 1 saturated heterocycles. The van der Waals surface area contributed by atoms with Crippen LogP contribution in [0.1, 0.15) is 56.9 Å². The molecule has 1 saturated carbocycles. The molecule has 1 aliphatic carbocycles. The minimum absolute atomic E-state index is 0.0442. The molecule has 200 valence electrons. The van der Waals surface area contributed by atoms with Crippen LogP contribution in [0.5, 0.6) is 0 Å². The van der Waals surface area contributed by atoms with Gasteiger partial charge >= 0.3 is 16.3 Å². The Morgan fingerprint density at radius 2 is 1.57 bits per heavy atom. The molecule has 0 spiro atoms. The molecule has 2 amide bonds. The first-order valence-corrected chi connectivity index (χ1v) is 14.3. The zero-order valence-electron chi connectivity index (χ0n) is 20.9. The van der Waals surface area contributed by atoms with Crippen molar-refractivity contribution >= 4 is 33.5 Å². The van der Waals surface area contributed by atoms with Gasteiger partial charge in [-0.15, -0.1) is 0 Å². The number of amidine groups is 1. The molecule has 2 aromatic rings. The second-order valence-corrected chi connectivity index (χ2v) is 11.0. The Hall–Kier alpha value is -3.15. The normalized spacial score (nSPS) is 18.1. The second kappa shape index (κ2) is 11.9. The lowest BCUT2D eigenvalue weighted by Crippen LogP contribution is -2.55. The first kappa shape index (κ1) is 26.9. The average molecular weight is 529 g/mol. The Balaban J connectivity index is 1.48. The van der Waals surface area contributed by atoms with E-state index in [1.165, 1.54) is 0 Å². The molecule has 5 N–H and O–H groups in total. The van der Waals surface area contributed by atoms with Gasteiger partial charge in [0.25, 0.3) is 0 Å². The van der Waals surface area contributed by atoms with Gasteiger partial charge in [-0.3, -0.25) is 14.9 Å². The molecule has 37 heavy (non-hydrogen) atoms. The summed E-state index contributed by atoms with van der Waals surface area (Å²) in [5.41, 5.74) is 7.37. The quantitative estimate of drug-likeness (QED) is 0.186. The fourth-order valence-electron chi connectivity index (χ4n) is 5.27. The first-order valence-electron chi connectivity index (χ1n) is 12.9. The molecular weight excluding hydrogens is 492 g/mol. The van der Waals surface area contributed by atoms with E-state index in [1.54, 1.807) is 47.5 Å². The van der Waals surface area contributed by atoms with E-state index in [-0.39, 0.29) is 24.0 Å². The Kier molecular flexibility index (Phi) is 8.67. The summed E-state index contributed by atoms with van der Waals surface area (Å²) in [7, 11) is -4.50. The third kappa shape index (κ3) is 6.79. The number of hydrogen-bond donors (Lipinski definition) is 4. The lowest BCUT2D eigenvalue weighted by atomic mass is 10.0. The fraction of sp³-hybridized carbons (Fsp3) is 0.462. The van der Waals surface area contributed by atoms with Crippen LogP contribution in [-0.2, 0) is 10.3 Å². The van der Waals surface area contributed by atoms with E-state index in [0.29, 0.717) is 37.2 Å². The highest BCUT2D eigenvalue weighted by atomic mass is 32.2. The zero-order valence-corrected chi connectivity index (χ0v) is 21.7. The fourth-order valence-corrected chi connectivity index (χ4v) is 6.11. The molecule has 0 bridgehead atoms. The third-order valence-electron chi connectivity index (χ3n) is 7.10. The number of piperidine rings is 1. The standard InChI is InChI=1S/C26H36N6O4S/c27-25(28)20-9-8-14-24(19-20)31(22-10-4-1-2-5-11-22)26(33)29-21-15-17-30(18-16-21)32(37(34,35)36)23-12-6-3-7-13-23/h3,6-9,12-14,19,21-22H,1-2,4-5,10-11,15-18H2,(H3,27,28)(H,29,33)(H,34,35,36). The summed E-state index contributed by atoms with van der Waals surface area (Å²) in [6, 6.07) is 15.4. The molecule has 2 fully saturated rings. The van der Waals surface area contributed by atoms with Crippen LogP contribution >= 0.6 is 0 Å². The molecule has 10 nitrogen and oxygen atoms in total. The zero-order chi connectivity index (χ0) is 26.4. The van der Waals surface area contributed by atoms with Crippen molar-refractivity contribution in [2.24, 2.45) is 5.73 Å². The lowest BCUT2D eigenvalue weighted by molar-refractivity contribution is 0.196. The van der Waals surface area contributed by atoms with Crippen molar-refractivity contribution in [3.05, 3.63) is 60.2 Å². The van der Waals surface area contributed by atoms with Crippen LogP contribution in [0, 0.1) is 5.41 Å². The summed E-state index contributed by atoms with van der Waals surface area (Å²) in [6.45, 7) is 0.700. The van der Waals surface area contributed by atoms with Crippen molar-refractivity contribution in [2.75, 3.05) is 22.4 Å². The number of carbonyl (C=O) groups is 1. The van der Waals surface area contributed by atoms with Crippen molar-refractivity contribution in [2.45, 2.75) is 63.5 Å². The molecule has 2 aromatic carbocycles. The summed E-state index contributed by atoms with van der Waals surface area (Å²) in [5, 5.41) is 12.6. The number of benzene rings is 2. The van der Waals surface area contributed by atoms with Gasteiger partial charge in [0.1, 0.15) is 5.84 Å². The van der Waals surface area contributed by atoms with Gasteiger partial charge in [-0.25, -0.2) is 9.80 Å². The maximum absolute atomic E-state index is 13.7. The van der Waals surface area contributed by atoms with E-state index in [2.05, 4.69) is 5.32 Å². The topological polar surface area (TPSA) is 143 Å². The van der Waals surface area contributed by atoms with Crippen molar-refractivity contribution in [1.82, 2.24) is 10.3 Å². The van der Waals surface area contributed by atoms with Crippen molar-refractivity contribution in [3.63, 3.8) is 0 Å². The molecule has 11 heteroatoms. The summed E-state index contributed by atoms with van der Waals surface area (Å²) in [5.74, 6) is -0.0442. The van der Waals surface area contributed by atoms with Crippen LogP contribution in [0.3, 0.4) is 0 Å². The SMILES string of the molecule is N=C(N)c1cccc(N(C(=O)NC2CCN(N(c3ccccc3)S(=O)(=O)O)CC2)C2CCCCCC2)c1. The van der Waals surface area contributed by atoms with Gasteiger partial charge < -0.3 is 11.1 Å². The second-order valence-electron chi connectivity index (χ2n) is 9.71. The van der Waals surface area contributed by atoms with E-state index < -0.39 is 10.3 Å². The highest BCUT2D eigenvalue weighted by molar-refractivity contribution is 7.87. The Morgan fingerprint density at radius 1 is 0.946 bits per heavy atom. The Labute approximate surface area is 218 Å². The average Bonchev–Trinajstić information content (AvgIpc) is 3.15. The number of hydrogen-bond acceptors (Lipinski definition) is 5. The number of amides is 2. The van der Waals surface area contributed by atoms with E-state index in [0.717, 1.165) is 48.6 Å². The Morgan fingerprint density at radius 3 is 2.16 bits per heavy atom.